The summed E-state index contributed by atoms with van der Waals surface area (Å²) in [6, 6.07) is 18.0. The van der Waals surface area contributed by atoms with Crippen LogP contribution >= 0.6 is 0 Å². The second-order valence-corrected chi connectivity index (χ2v) is 7.75. The molecule has 0 spiro atoms. The van der Waals surface area contributed by atoms with Crippen molar-refractivity contribution in [3.05, 3.63) is 71.8 Å². The number of ether oxygens (including phenoxy) is 3. The van der Waals surface area contributed by atoms with Gasteiger partial charge < -0.3 is 14.2 Å². The van der Waals surface area contributed by atoms with Gasteiger partial charge in [0.05, 0.1) is 19.3 Å². The summed E-state index contributed by atoms with van der Waals surface area (Å²) in [4.78, 5) is 14.6. The molecule has 0 aliphatic carbocycles. The second kappa shape index (κ2) is 9.70. The molecule has 2 unspecified atom stereocenters. The summed E-state index contributed by atoms with van der Waals surface area (Å²) < 4.78 is 17.2. The first-order valence-corrected chi connectivity index (χ1v) is 10.8. The highest BCUT2D eigenvalue weighted by Gasteiger charge is 2.40. The molecule has 2 aliphatic rings. The van der Waals surface area contributed by atoms with Crippen LogP contribution in [0.25, 0.3) is 0 Å². The zero-order valence-electron chi connectivity index (χ0n) is 17.5. The van der Waals surface area contributed by atoms with Crippen LogP contribution in [-0.4, -0.2) is 36.3 Å². The highest BCUT2D eigenvalue weighted by atomic mass is 16.6. The Kier molecular flexibility index (Phi) is 6.57. The van der Waals surface area contributed by atoms with Gasteiger partial charge in [-0.05, 0) is 43.9 Å². The Bertz CT molecular complexity index is 880. The van der Waals surface area contributed by atoms with Crippen molar-refractivity contribution in [3.8, 4) is 11.5 Å². The molecule has 2 bridgehead atoms. The molecule has 0 radical (unpaired) electrons. The van der Waals surface area contributed by atoms with Crippen molar-refractivity contribution in [1.82, 2.24) is 4.90 Å². The Balaban J connectivity index is 1.30. The molecule has 30 heavy (non-hydrogen) atoms. The maximum atomic E-state index is 12.7. The van der Waals surface area contributed by atoms with Crippen molar-refractivity contribution in [1.29, 1.82) is 0 Å². The zero-order valence-corrected chi connectivity index (χ0v) is 17.5. The van der Waals surface area contributed by atoms with Crippen LogP contribution in [-0.2, 0) is 11.3 Å². The molecule has 4 rings (SSSR count). The fraction of sp³-hybridized carbons (Fsp3) is 0.400. The zero-order chi connectivity index (χ0) is 20.8. The Labute approximate surface area is 178 Å². The van der Waals surface area contributed by atoms with Crippen molar-refractivity contribution >= 4 is 6.09 Å². The Morgan fingerprint density at radius 3 is 2.47 bits per heavy atom. The fourth-order valence-corrected chi connectivity index (χ4v) is 4.32. The lowest BCUT2D eigenvalue weighted by Crippen LogP contribution is -2.43. The molecule has 1 amide bonds. The molecule has 1 fully saturated rings. The first-order valence-electron chi connectivity index (χ1n) is 10.8. The highest BCUT2D eigenvalue weighted by molar-refractivity contribution is 5.70. The van der Waals surface area contributed by atoms with Gasteiger partial charge in [-0.3, -0.25) is 4.90 Å². The van der Waals surface area contributed by atoms with E-state index in [0.29, 0.717) is 19.8 Å². The number of amides is 1. The van der Waals surface area contributed by atoms with Gasteiger partial charge in [0.15, 0.2) is 11.5 Å². The van der Waals surface area contributed by atoms with E-state index in [0.717, 1.165) is 42.7 Å². The van der Waals surface area contributed by atoms with Gasteiger partial charge in [0.2, 0.25) is 0 Å². The quantitative estimate of drug-likeness (QED) is 0.553. The van der Waals surface area contributed by atoms with Gasteiger partial charge in [-0.25, -0.2) is 4.79 Å². The van der Waals surface area contributed by atoms with Crippen LogP contribution in [0, 0.1) is 0 Å². The summed E-state index contributed by atoms with van der Waals surface area (Å²) in [6.45, 7) is 3.51. The average Bonchev–Trinajstić information content (AvgIpc) is 3.04. The summed E-state index contributed by atoms with van der Waals surface area (Å²) in [5, 5.41) is 0. The summed E-state index contributed by atoms with van der Waals surface area (Å²) in [5.74, 6) is 1.56. The van der Waals surface area contributed by atoms with Crippen LogP contribution in [0.4, 0.5) is 4.79 Å². The van der Waals surface area contributed by atoms with Gasteiger partial charge >= 0.3 is 6.09 Å². The highest BCUT2D eigenvalue weighted by Crippen LogP contribution is 2.36. The Morgan fingerprint density at radius 2 is 1.73 bits per heavy atom. The minimum absolute atomic E-state index is 0.137. The third-order valence-electron chi connectivity index (χ3n) is 5.72. The van der Waals surface area contributed by atoms with Crippen LogP contribution in [0.2, 0.25) is 0 Å². The van der Waals surface area contributed by atoms with E-state index in [-0.39, 0.29) is 18.2 Å². The van der Waals surface area contributed by atoms with E-state index in [1.165, 1.54) is 5.57 Å². The van der Waals surface area contributed by atoms with Gasteiger partial charge in [0.25, 0.3) is 0 Å². The molecule has 2 heterocycles. The van der Waals surface area contributed by atoms with Crippen LogP contribution in [0.15, 0.2) is 66.2 Å². The van der Waals surface area contributed by atoms with Crippen molar-refractivity contribution in [2.45, 2.75) is 51.3 Å². The molecule has 0 saturated carbocycles. The van der Waals surface area contributed by atoms with E-state index in [9.17, 15) is 4.79 Å². The molecule has 1 saturated heterocycles. The number of benzene rings is 2. The predicted molar refractivity (Wildman–Crippen MR) is 116 cm³/mol. The third-order valence-corrected chi connectivity index (χ3v) is 5.72. The molecular weight excluding hydrogens is 378 g/mol. The molecule has 2 aliphatic heterocycles. The number of rotatable bonds is 8. The van der Waals surface area contributed by atoms with Crippen LogP contribution in [0.5, 0.6) is 11.5 Å². The smallest absolute Gasteiger partial charge is 0.410 e. The number of carbonyl (C=O) groups is 1. The number of para-hydroxylation sites is 2. The van der Waals surface area contributed by atoms with Gasteiger partial charge in [-0.1, -0.05) is 54.1 Å². The largest absolute Gasteiger partial charge is 0.490 e. The third kappa shape index (κ3) is 4.78. The molecule has 2 aromatic rings. The maximum Gasteiger partial charge on any atom is 0.410 e. The summed E-state index contributed by atoms with van der Waals surface area (Å²) in [7, 11) is 0. The number of fused-ring (bicyclic) bond motifs is 2. The van der Waals surface area contributed by atoms with E-state index in [4.69, 9.17) is 14.2 Å². The molecule has 5 nitrogen and oxygen atoms in total. The predicted octanol–water partition coefficient (Wildman–Crippen LogP) is 5.35. The summed E-state index contributed by atoms with van der Waals surface area (Å²) in [6.07, 6.45) is 5.82. The summed E-state index contributed by atoms with van der Waals surface area (Å²) in [5.41, 5.74) is 2.37. The van der Waals surface area contributed by atoms with Crippen LogP contribution < -0.4 is 9.47 Å². The van der Waals surface area contributed by atoms with E-state index in [1.807, 2.05) is 66.4 Å². The van der Waals surface area contributed by atoms with Gasteiger partial charge in [-0.15, -0.1) is 0 Å². The lowest BCUT2D eigenvalue weighted by Gasteiger charge is -2.33. The van der Waals surface area contributed by atoms with E-state index >= 15 is 0 Å². The van der Waals surface area contributed by atoms with Gasteiger partial charge in [0, 0.05) is 12.5 Å². The Hall–Kier alpha value is -2.95. The van der Waals surface area contributed by atoms with Crippen LogP contribution in [0.1, 0.15) is 38.2 Å². The minimum Gasteiger partial charge on any atom is -0.490 e. The lowest BCUT2D eigenvalue weighted by atomic mass is 9.99. The molecule has 5 heteroatoms. The standard InChI is InChI=1S/C25H29NO4/c1-2-28-23-10-6-7-11-24(23)29-15-14-20-16-21-12-13-22(17-20)26(21)25(27)30-18-19-8-4-3-5-9-19/h3-11,16,21-22H,2,12-15,17-18H2,1H3. The topological polar surface area (TPSA) is 48.0 Å². The monoisotopic (exact) mass is 407 g/mol. The SMILES string of the molecule is CCOc1ccccc1OCCC1=CC2CCC(C1)N2C(=O)OCc1ccccc1. The van der Waals surface area contributed by atoms with E-state index in [2.05, 4.69) is 6.08 Å². The van der Waals surface area contributed by atoms with Crippen LogP contribution in [0.3, 0.4) is 0 Å². The molecule has 2 aromatic carbocycles. The lowest BCUT2D eigenvalue weighted by molar-refractivity contribution is 0.0813. The summed E-state index contributed by atoms with van der Waals surface area (Å²) >= 11 is 0. The number of hydrogen-bond acceptors (Lipinski definition) is 4. The molecule has 158 valence electrons. The maximum absolute atomic E-state index is 12.7. The van der Waals surface area contributed by atoms with Gasteiger partial charge in [0.1, 0.15) is 6.61 Å². The van der Waals surface area contributed by atoms with Crippen molar-refractivity contribution in [3.63, 3.8) is 0 Å². The number of hydrogen-bond donors (Lipinski definition) is 0. The molecular formula is C25H29NO4. The molecule has 0 aromatic heterocycles. The van der Waals surface area contributed by atoms with Crippen molar-refractivity contribution < 1.29 is 19.0 Å². The van der Waals surface area contributed by atoms with Crippen molar-refractivity contribution in [2.24, 2.45) is 0 Å². The minimum atomic E-state index is -0.205. The van der Waals surface area contributed by atoms with E-state index in [1.54, 1.807) is 0 Å². The van der Waals surface area contributed by atoms with E-state index < -0.39 is 0 Å². The van der Waals surface area contributed by atoms with Gasteiger partial charge in [-0.2, -0.15) is 0 Å². The fourth-order valence-electron chi connectivity index (χ4n) is 4.32. The molecule has 0 N–H and O–H groups in total. The van der Waals surface area contributed by atoms with Crippen molar-refractivity contribution in [2.75, 3.05) is 13.2 Å². The Morgan fingerprint density at radius 1 is 1.00 bits per heavy atom. The normalized spacial score (nSPS) is 19.9. The average molecular weight is 408 g/mol. The number of nitrogens with zero attached hydrogens (tertiary/aromatic N) is 1. The first-order chi connectivity index (χ1) is 14.7. The first kappa shape index (κ1) is 20.3. The number of carbonyl (C=O) groups excluding carboxylic acids is 1. The molecule has 2 atom stereocenters. The second-order valence-electron chi connectivity index (χ2n) is 7.75.